The molecule has 0 atom stereocenters. The van der Waals surface area contributed by atoms with Crippen LogP contribution in [0.5, 0.6) is 0 Å². The number of nitrogens with zero attached hydrogens (tertiary/aromatic N) is 1. The highest BCUT2D eigenvalue weighted by Crippen LogP contribution is 2.24. The molecular formula is C18H23NO3. The van der Waals surface area contributed by atoms with E-state index in [1.165, 1.54) is 0 Å². The summed E-state index contributed by atoms with van der Waals surface area (Å²) in [5, 5.41) is 9.34. The average Bonchev–Trinajstić information content (AvgIpc) is 2.51. The lowest BCUT2D eigenvalue weighted by Gasteiger charge is -2.16. The van der Waals surface area contributed by atoms with E-state index in [0.29, 0.717) is 18.7 Å². The number of aliphatic hydroxyl groups excluding tert-OH is 1. The monoisotopic (exact) mass is 301 g/mol. The number of pyridine rings is 1. The summed E-state index contributed by atoms with van der Waals surface area (Å²) in [7, 11) is 1.65. The summed E-state index contributed by atoms with van der Waals surface area (Å²) in [4.78, 5) is 12.5. The normalized spacial score (nSPS) is 10.9. The van der Waals surface area contributed by atoms with Gasteiger partial charge in [-0.05, 0) is 44.0 Å². The first kappa shape index (κ1) is 16.5. The molecule has 0 radical (unpaired) electrons. The summed E-state index contributed by atoms with van der Waals surface area (Å²) in [6.07, 6.45) is 0.753. The zero-order valence-electron chi connectivity index (χ0n) is 13.4. The van der Waals surface area contributed by atoms with Gasteiger partial charge in [0.05, 0.1) is 12.3 Å². The fourth-order valence-corrected chi connectivity index (χ4v) is 2.58. The van der Waals surface area contributed by atoms with E-state index in [1.54, 1.807) is 17.7 Å². The number of aromatic nitrogens is 1. The Morgan fingerprint density at radius 2 is 1.95 bits per heavy atom. The third-order valence-corrected chi connectivity index (χ3v) is 3.82. The van der Waals surface area contributed by atoms with Crippen LogP contribution in [0.3, 0.4) is 0 Å². The van der Waals surface area contributed by atoms with Crippen LogP contribution < -0.4 is 5.56 Å². The fraction of sp³-hybridized carbons (Fsp3) is 0.389. The van der Waals surface area contributed by atoms with Gasteiger partial charge in [0.1, 0.15) is 0 Å². The van der Waals surface area contributed by atoms with Crippen LogP contribution in [0.2, 0.25) is 0 Å². The summed E-state index contributed by atoms with van der Waals surface area (Å²) >= 11 is 0. The first-order chi connectivity index (χ1) is 10.6. The van der Waals surface area contributed by atoms with Crippen molar-refractivity contribution in [3.05, 3.63) is 57.4 Å². The highest BCUT2D eigenvalue weighted by atomic mass is 16.5. The van der Waals surface area contributed by atoms with Gasteiger partial charge in [0, 0.05) is 31.4 Å². The molecule has 22 heavy (non-hydrogen) atoms. The van der Waals surface area contributed by atoms with Gasteiger partial charge in [-0.2, -0.15) is 0 Å². The van der Waals surface area contributed by atoms with Gasteiger partial charge in [0.25, 0.3) is 5.56 Å². The number of hydrogen-bond donors (Lipinski definition) is 1. The van der Waals surface area contributed by atoms with Gasteiger partial charge < -0.3 is 14.4 Å². The lowest BCUT2D eigenvalue weighted by Crippen LogP contribution is -2.26. The zero-order chi connectivity index (χ0) is 16.1. The molecule has 2 aromatic rings. The van der Waals surface area contributed by atoms with Crippen molar-refractivity contribution in [3.8, 4) is 11.3 Å². The molecule has 1 aromatic heterocycles. The smallest absolute Gasteiger partial charge is 0.256 e. The standard InChI is InChI=1S/C18H23NO3/c1-13-5-6-14(2)16(11-13)17-8-7-15(12-20)18(21)19(17)9-4-10-22-3/h5-8,11,20H,4,9-10,12H2,1-3H3. The van der Waals surface area contributed by atoms with E-state index in [9.17, 15) is 9.90 Å². The van der Waals surface area contributed by atoms with Gasteiger partial charge in [-0.15, -0.1) is 0 Å². The second kappa shape index (κ2) is 7.38. The first-order valence-electron chi connectivity index (χ1n) is 7.48. The highest BCUT2D eigenvalue weighted by Gasteiger charge is 2.12. The molecule has 0 aliphatic rings. The van der Waals surface area contributed by atoms with E-state index in [0.717, 1.165) is 28.8 Å². The van der Waals surface area contributed by atoms with Crippen LogP contribution in [0.25, 0.3) is 11.3 Å². The van der Waals surface area contributed by atoms with Crippen molar-refractivity contribution in [2.45, 2.75) is 33.4 Å². The van der Waals surface area contributed by atoms with Crippen molar-refractivity contribution in [1.82, 2.24) is 4.57 Å². The van der Waals surface area contributed by atoms with Crippen molar-refractivity contribution >= 4 is 0 Å². The van der Waals surface area contributed by atoms with Crippen LogP contribution in [-0.2, 0) is 17.9 Å². The molecule has 2 rings (SSSR count). The molecule has 4 heteroatoms. The topological polar surface area (TPSA) is 51.5 Å². The van der Waals surface area contributed by atoms with Crippen LogP contribution in [0.1, 0.15) is 23.1 Å². The molecule has 0 saturated heterocycles. The fourth-order valence-electron chi connectivity index (χ4n) is 2.58. The Hall–Kier alpha value is -1.91. The molecule has 0 aliphatic heterocycles. The second-order valence-corrected chi connectivity index (χ2v) is 5.52. The highest BCUT2D eigenvalue weighted by molar-refractivity contribution is 5.65. The Kier molecular flexibility index (Phi) is 5.52. The van der Waals surface area contributed by atoms with Gasteiger partial charge in [-0.3, -0.25) is 4.79 Å². The van der Waals surface area contributed by atoms with Gasteiger partial charge in [-0.1, -0.05) is 17.7 Å². The molecule has 118 valence electrons. The molecule has 0 saturated carbocycles. The molecule has 0 fully saturated rings. The van der Waals surface area contributed by atoms with E-state index < -0.39 is 0 Å². The van der Waals surface area contributed by atoms with Crippen LogP contribution in [0, 0.1) is 13.8 Å². The SMILES string of the molecule is COCCCn1c(-c2cc(C)ccc2C)ccc(CO)c1=O. The minimum Gasteiger partial charge on any atom is -0.391 e. The summed E-state index contributed by atoms with van der Waals surface area (Å²) in [5.41, 5.74) is 4.52. The summed E-state index contributed by atoms with van der Waals surface area (Å²) in [6.45, 7) is 5.01. The molecule has 0 aliphatic carbocycles. The lowest BCUT2D eigenvalue weighted by atomic mass is 10.0. The molecule has 0 amide bonds. The minimum atomic E-state index is -0.240. The zero-order valence-corrected chi connectivity index (χ0v) is 13.4. The van der Waals surface area contributed by atoms with Crippen LogP contribution in [0.15, 0.2) is 35.1 Å². The van der Waals surface area contributed by atoms with Gasteiger partial charge >= 0.3 is 0 Å². The Balaban J connectivity index is 2.56. The van der Waals surface area contributed by atoms with Crippen molar-refractivity contribution in [2.75, 3.05) is 13.7 Å². The van der Waals surface area contributed by atoms with E-state index in [1.807, 2.05) is 19.9 Å². The van der Waals surface area contributed by atoms with Crippen LogP contribution >= 0.6 is 0 Å². The molecule has 1 aromatic carbocycles. The van der Waals surface area contributed by atoms with E-state index in [2.05, 4.69) is 18.2 Å². The second-order valence-electron chi connectivity index (χ2n) is 5.52. The van der Waals surface area contributed by atoms with Gasteiger partial charge in [-0.25, -0.2) is 0 Å². The molecule has 0 spiro atoms. The predicted octanol–water partition coefficient (Wildman–Crippen LogP) is 2.66. The summed E-state index contributed by atoms with van der Waals surface area (Å²) < 4.78 is 6.83. The van der Waals surface area contributed by atoms with Crippen molar-refractivity contribution in [3.63, 3.8) is 0 Å². The van der Waals surface area contributed by atoms with Gasteiger partial charge in [0.2, 0.25) is 0 Å². The lowest BCUT2D eigenvalue weighted by molar-refractivity contribution is 0.190. The molecule has 1 N–H and O–H groups in total. The Morgan fingerprint density at radius 1 is 1.18 bits per heavy atom. The number of methoxy groups -OCH3 is 1. The molecule has 4 nitrogen and oxygen atoms in total. The molecule has 0 unspecified atom stereocenters. The number of aliphatic hydroxyl groups is 1. The van der Waals surface area contributed by atoms with Crippen LogP contribution in [0.4, 0.5) is 0 Å². The molecular weight excluding hydrogens is 278 g/mol. The largest absolute Gasteiger partial charge is 0.391 e. The number of benzene rings is 1. The van der Waals surface area contributed by atoms with E-state index in [-0.39, 0.29) is 12.2 Å². The number of aryl methyl sites for hydroxylation is 2. The maximum atomic E-state index is 12.5. The number of rotatable bonds is 6. The first-order valence-corrected chi connectivity index (χ1v) is 7.48. The summed E-state index contributed by atoms with van der Waals surface area (Å²) in [5.74, 6) is 0. The Labute approximate surface area is 131 Å². The molecule has 0 bridgehead atoms. The van der Waals surface area contributed by atoms with Gasteiger partial charge in [0.15, 0.2) is 0 Å². The van der Waals surface area contributed by atoms with Crippen LogP contribution in [-0.4, -0.2) is 23.4 Å². The number of hydrogen-bond acceptors (Lipinski definition) is 3. The minimum absolute atomic E-state index is 0.128. The Bertz CT molecular complexity index is 704. The Morgan fingerprint density at radius 3 is 2.64 bits per heavy atom. The third-order valence-electron chi connectivity index (χ3n) is 3.82. The molecule has 1 heterocycles. The average molecular weight is 301 g/mol. The maximum Gasteiger partial charge on any atom is 0.256 e. The summed E-state index contributed by atoms with van der Waals surface area (Å²) in [6, 6.07) is 9.85. The number of ether oxygens (including phenoxy) is 1. The quantitative estimate of drug-likeness (QED) is 0.835. The van der Waals surface area contributed by atoms with E-state index in [4.69, 9.17) is 4.74 Å². The predicted molar refractivity (Wildman–Crippen MR) is 88.0 cm³/mol. The van der Waals surface area contributed by atoms with E-state index >= 15 is 0 Å². The van der Waals surface area contributed by atoms with Crippen molar-refractivity contribution in [2.24, 2.45) is 0 Å². The van der Waals surface area contributed by atoms with Crippen molar-refractivity contribution < 1.29 is 9.84 Å². The third kappa shape index (κ3) is 3.46. The maximum absolute atomic E-state index is 12.5. The van der Waals surface area contributed by atoms with Crippen molar-refractivity contribution in [1.29, 1.82) is 0 Å².